The van der Waals surface area contributed by atoms with E-state index in [1.807, 2.05) is 38.7 Å². The van der Waals surface area contributed by atoms with Crippen LogP contribution < -0.4 is 10.2 Å². The Morgan fingerprint density at radius 2 is 1.80 bits per heavy atom. The second kappa shape index (κ2) is 6.82. The molecule has 1 N–H and O–H groups in total. The SMILES string of the molecule is Cc1cc(C)nc(N2CCN(C(=O)C3CSC(C)(C)C(=O)N3)CC2)n1. The van der Waals surface area contributed by atoms with Crippen LogP contribution in [0, 0.1) is 13.8 Å². The zero-order valence-corrected chi connectivity index (χ0v) is 16.0. The number of amides is 2. The van der Waals surface area contributed by atoms with Crippen molar-refractivity contribution in [3.05, 3.63) is 17.5 Å². The van der Waals surface area contributed by atoms with Gasteiger partial charge < -0.3 is 15.1 Å². The van der Waals surface area contributed by atoms with Gasteiger partial charge in [-0.05, 0) is 33.8 Å². The van der Waals surface area contributed by atoms with Gasteiger partial charge in [-0.15, -0.1) is 11.8 Å². The molecule has 3 rings (SSSR count). The van der Waals surface area contributed by atoms with Crippen molar-refractivity contribution in [2.75, 3.05) is 36.8 Å². The van der Waals surface area contributed by atoms with E-state index in [1.54, 1.807) is 0 Å². The number of hydrogen-bond donors (Lipinski definition) is 1. The van der Waals surface area contributed by atoms with Crippen LogP contribution in [-0.4, -0.2) is 69.4 Å². The molecule has 0 aromatic carbocycles. The van der Waals surface area contributed by atoms with E-state index in [2.05, 4.69) is 20.2 Å². The number of carbonyl (C=O) groups excluding carboxylic acids is 2. The highest BCUT2D eigenvalue weighted by atomic mass is 32.2. The Morgan fingerprint density at radius 1 is 1.20 bits per heavy atom. The van der Waals surface area contributed by atoms with Gasteiger partial charge in [-0.25, -0.2) is 9.97 Å². The van der Waals surface area contributed by atoms with Gasteiger partial charge >= 0.3 is 0 Å². The molecule has 2 fully saturated rings. The molecule has 0 aliphatic carbocycles. The van der Waals surface area contributed by atoms with E-state index in [0.29, 0.717) is 31.9 Å². The summed E-state index contributed by atoms with van der Waals surface area (Å²) in [6.07, 6.45) is 0. The first-order valence-electron chi connectivity index (χ1n) is 8.57. The molecule has 2 aliphatic rings. The summed E-state index contributed by atoms with van der Waals surface area (Å²) >= 11 is 1.54. The molecule has 3 heterocycles. The minimum absolute atomic E-state index is 0.0114. The predicted molar refractivity (Wildman–Crippen MR) is 98.8 cm³/mol. The van der Waals surface area contributed by atoms with Gasteiger partial charge in [-0.3, -0.25) is 9.59 Å². The van der Waals surface area contributed by atoms with E-state index in [0.717, 1.165) is 17.3 Å². The number of anilines is 1. The minimum atomic E-state index is -0.462. The van der Waals surface area contributed by atoms with E-state index < -0.39 is 10.8 Å². The molecule has 136 valence electrons. The average molecular weight is 363 g/mol. The summed E-state index contributed by atoms with van der Waals surface area (Å²) in [6.45, 7) is 10.3. The number of nitrogens with one attached hydrogen (secondary N) is 1. The predicted octanol–water partition coefficient (Wildman–Crippen LogP) is 0.752. The summed E-state index contributed by atoms with van der Waals surface area (Å²) in [5.74, 6) is 1.30. The lowest BCUT2D eigenvalue weighted by Gasteiger charge is -2.39. The Balaban J connectivity index is 1.59. The largest absolute Gasteiger partial charge is 0.342 e. The van der Waals surface area contributed by atoms with Crippen LogP contribution in [0.2, 0.25) is 0 Å². The number of rotatable bonds is 2. The zero-order valence-electron chi connectivity index (χ0n) is 15.2. The van der Waals surface area contributed by atoms with Crippen LogP contribution in [0.3, 0.4) is 0 Å². The first-order chi connectivity index (χ1) is 11.8. The van der Waals surface area contributed by atoms with Crippen molar-refractivity contribution in [2.24, 2.45) is 0 Å². The van der Waals surface area contributed by atoms with Crippen LogP contribution in [0.15, 0.2) is 6.07 Å². The number of aromatic nitrogens is 2. The molecule has 1 atom stereocenters. The van der Waals surface area contributed by atoms with Crippen LogP contribution >= 0.6 is 11.8 Å². The highest BCUT2D eigenvalue weighted by Gasteiger charge is 2.39. The Kier molecular flexibility index (Phi) is 4.90. The summed E-state index contributed by atoms with van der Waals surface area (Å²) in [6, 6.07) is 1.53. The van der Waals surface area contributed by atoms with E-state index in [9.17, 15) is 9.59 Å². The van der Waals surface area contributed by atoms with E-state index in [-0.39, 0.29) is 11.8 Å². The second-order valence-corrected chi connectivity index (χ2v) is 8.75. The van der Waals surface area contributed by atoms with Gasteiger partial charge in [0.05, 0.1) is 4.75 Å². The third-order valence-corrected chi connectivity index (χ3v) is 6.01. The monoisotopic (exact) mass is 363 g/mol. The Hall–Kier alpha value is -1.83. The summed E-state index contributed by atoms with van der Waals surface area (Å²) in [4.78, 5) is 37.7. The quantitative estimate of drug-likeness (QED) is 0.836. The number of aryl methyl sites for hydroxylation is 2. The molecule has 2 amide bonds. The van der Waals surface area contributed by atoms with E-state index in [4.69, 9.17) is 0 Å². The van der Waals surface area contributed by atoms with Gasteiger partial charge in [0.15, 0.2) is 0 Å². The fourth-order valence-electron chi connectivity index (χ4n) is 3.06. The molecular weight excluding hydrogens is 338 g/mol. The number of hydrogen-bond acceptors (Lipinski definition) is 6. The number of nitrogens with zero attached hydrogens (tertiary/aromatic N) is 4. The third kappa shape index (κ3) is 3.89. The van der Waals surface area contributed by atoms with Gasteiger partial charge in [-0.1, -0.05) is 0 Å². The Morgan fingerprint density at radius 3 is 2.36 bits per heavy atom. The lowest BCUT2D eigenvalue weighted by atomic mass is 10.1. The lowest BCUT2D eigenvalue weighted by Crippen LogP contribution is -2.60. The fraction of sp³-hybridized carbons (Fsp3) is 0.647. The minimum Gasteiger partial charge on any atom is -0.342 e. The summed E-state index contributed by atoms with van der Waals surface area (Å²) in [7, 11) is 0. The molecular formula is C17H25N5O2S. The van der Waals surface area contributed by atoms with Crippen LogP contribution in [0.1, 0.15) is 25.2 Å². The van der Waals surface area contributed by atoms with Crippen molar-refractivity contribution >= 4 is 29.5 Å². The lowest BCUT2D eigenvalue weighted by molar-refractivity contribution is -0.136. The molecule has 0 bridgehead atoms. The van der Waals surface area contributed by atoms with Crippen molar-refractivity contribution in [1.29, 1.82) is 0 Å². The van der Waals surface area contributed by atoms with Crippen LogP contribution in [0.25, 0.3) is 0 Å². The van der Waals surface area contributed by atoms with Crippen molar-refractivity contribution < 1.29 is 9.59 Å². The average Bonchev–Trinajstić information content (AvgIpc) is 2.56. The van der Waals surface area contributed by atoms with Crippen molar-refractivity contribution in [1.82, 2.24) is 20.2 Å². The third-order valence-electron chi connectivity index (χ3n) is 4.61. The van der Waals surface area contributed by atoms with Gasteiger partial charge in [0, 0.05) is 43.3 Å². The van der Waals surface area contributed by atoms with E-state index in [1.165, 1.54) is 11.8 Å². The molecule has 7 nitrogen and oxygen atoms in total. The smallest absolute Gasteiger partial charge is 0.246 e. The van der Waals surface area contributed by atoms with Crippen LogP contribution in [-0.2, 0) is 9.59 Å². The number of carbonyl (C=O) groups is 2. The van der Waals surface area contributed by atoms with Gasteiger partial charge in [0.2, 0.25) is 17.8 Å². The summed E-state index contributed by atoms with van der Waals surface area (Å²) < 4.78 is -0.462. The Bertz CT molecular complexity index is 665. The maximum Gasteiger partial charge on any atom is 0.246 e. The van der Waals surface area contributed by atoms with Gasteiger partial charge in [0.25, 0.3) is 0 Å². The van der Waals surface area contributed by atoms with Crippen molar-refractivity contribution in [2.45, 2.75) is 38.5 Å². The fourth-order valence-corrected chi connectivity index (χ4v) is 4.06. The number of thioether (sulfide) groups is 1. The standard InChI is InChI=1S/C17H25N5O2S/c1-11-9-12(2)19-16(18-11)22-7-5-21(6-8-22)14(23)13-10-25-17(3,4)15(24)20-13/h9,13H,5-8,10H2,1-4H3,(H,20,24). The molecule has 0 spiro atoms. The summed E-state index contributed by atoms with van der Waals surface area (Å²) in [5, 5.41) is 2.87. The molecule has 25 heavy (non-hydrogen) atoms. The maximum atomic E-state index is 12.7. The molecule has 2 aliphatic heterocycles. The molecule has 0 saturated carbocycles. The van der Waals surface area contributed by atoms with Gasteiger partial charge in [0.1, 0.15) is 6.04 Å². The van der Waals surface area contributed by atoms with Gasteiger partial charge in [-0.2, -0.15) is 0 Å². The highest BCUT2D eigenvalue weighted by Crippen LogP contribution is 2.29. The van der Waals surface area contributed by atoms with E-state index >= 15 is 0 Å². The maximum absolute atomic E-state index is 12.7. The molecule has 1 aromatic heterocycles. The molecule has 8 heteroatoms. The highest BCUT2D eigenvalue weighted by molar-refractivity contribution is 8.01. The van der Waals surface area contributed by atoms with Crippen LogP contribution in [0.4, 0.5) is 5.95 Å². The number of piperazine rings is 1. The molecule has 2 saturated heterocycles. The normalized spacial score (nSPS) is 23.4. The first-order valence-corrected chi connectivity index (χ1v) is 9.56. The van der Waals surface area contributed by atoms with Crippen molar-refractivity contribution in [3.63, 3.8) is 0 Å². The summed E-state index contributed by atoms with van der Waals surface area (Å²) in [5.41, 5.74) is 1.90. The Labute approximate surface area is 152 Å². The zero-order chi connectivity index (χ0) is 18.2. The molecule has 1 unspecified atom stereocenters. The van der Waals surface area contributed by atoms with Crippen LogP contribution in [0.5, 0.6) is 0 Å². The topological polar surface area (TPSA) is 78.4 Å². The van der Waals surface area contributed by atoms with Crippen molar-refractivity contribution in [3.8, 4) is 0 Å². The molecule has 0 radical (unpaired) electrons. The molecule has 1 aromatic rings. The first kappa shape index (κ1) is 18.0. The second-order valence-electron chi connectivity index (χ2n) is 7.11.